The van der Waals surface area contributed by atoms with Crippen molar-refractivity contribution in [3.05, 3.63) is 13.3 Å². The molecular formula is C3H4F2. The lowest BCUT2D eigenvalue weighted by molar-refractivity contribution is 0.285. The second-order valence-corrected chi connectivity index (χ2v) is 0.589. The quantitative estimate of drug-likeness (QED) is 0.447. The van der Waals surface area contributed by atoms with E-state index in [2.05, 4.69) is 6.92 Å². The Morgan fingerprint density at radius 3 is 1.80 bits per heavy atom. The zero-order chi connectivity index (χ0) is 4.28. The Kier molecular flexibility index (Phi) is 2.06. The van der Waals surface area contributed by atoms with Crippen LogP contribution in [-0.2, 0) is 0 Å². The van der Waals surface area contributed by atoms with Crippen LogP contribution in [0, 0.1) is 13.3 Å². The Labute approximate surface area is 29.8 Å². The van der Waals surface area contributed by atoms with Crippen molar-refractivity contribution >= 4 is 0 Å². The van der Waals surface area contributed by atoms with Crippen LogP contribution in [0.4, 0.5) is 8.78 Å². The largest absolute Gasteiger partial charge is 0.310 e. The van der Waals surface area contributed by atoms with Gasteiger partial charge >= 0.3 is 6.43 Å². The van der Waals surface area contributed by atoms with Crippen molar-refractivity contribution in [2.75, 3.05) is 0 Å². The molecular weight excluding hydrogens is 74.0 g/mol. The maximum Gasteiger partial charge on any atom is 0.310 e. The van der Waals surface area contributed by atoms with E-state index in [0.717, 1.165) is 0 Å². The molecule has 0 aliphatic rings. The zero-order valence-corrected chi connectivity index (χ0v) is 2.67. The molecule has 0 heterocycles. The van der Waals surface area contributed by atoms with Crippen molar-refractivity contribution in [2.45, 2.75) is 6.42 Å². The molecule has 2 heteroatoms. The van der Waals surface area contributed by atoms with Crippen LogP contribution in [0.5, 0.6) is 0 Å². The molecule has 0 atom stereocenters. The summed E-state index contributed by atoms with van der Waals surface area (Å²) in [6.07, 6.45) is -1.97. The lowest BCUT2D eigenvalue weighted by Gasteiger charge is -1.78. The Morgan fingerprint density at radius 2 is 1.80 bits per heavy atom. The molecule has 0 aromatic rings. The van der Waals surface area contributed by atoms with Crippen LogP contribution in [0.3, 0.4) is 0 Å². The van der Waals surface area contributed by atoms with Crippen LogP contribution in [0.15, 0.2) is 0 Å². The molecule has 0 aromatic heterocycles. The van der Waals surface area contributed by atoms with Crippen molar-refractivity contribution in [2.24, 2.45) is 0 Å². The molecule has 0 amide bonds. The van der Waals surface area contributed by atoms with Gasteiger partial charge in [-0.05, 0) is 6.92 Å². The monoisotopic (exact) mass is 78.0 g/mol. The molecule has 0 nitrogen and oxygen atoms in total. The molecule has 0 rings (SSSR count). The minimum atomic E-state index is -1.61. The van der Waals surface area contributed by atoms with E-state index in [9.17, 15) is 8.78 Å². The fourth-order valence-electron chi connectivity index (χ4n) is 0. The first-order chi connectivity index (χ1) is 2.27. The molecule has 0 spiro atoms. The van der Waals surface area contributed by atoms with E-state index >= 15 is 0 Å². The summed E-state index contributed by atoms with van der Waals surface area (Å²) in [5.74, 6) is 0. The molecule has 0 aliphatic carbocycles. The van der Waals surface area contributed by atoms with Gasteiger partial charge in [-0.15, -0.1) is 0 Å². The Hall–Kier alpha value is -0.140. The van der Waals surface area contributed by atoms with E-state index in [1.165, 1.54) is 0 Å². The standard InChI is InChI=1S/C3H4F2/c1-2-3(4)5/h1-2H2. The average molecular weight is 78.1 g/mol. The van der Waals surface area contributed by atoms with Crippen molar-refractivity contribution in [1.82, 2.24) is 0 Å². The van der Waals surface area contributed by atoms with Crippen molar-refractivity contribution < 1.29 is 8.78 Å². The average Bonchev–Trinajstić information content (AvgIpc) is 1.38. The minimum absolute atomic E-state index is 0.361. The normalized spacial score (nSPS) is 9.60. The number of hydrogen-bond acceptors (Lipinski definition) is 0. The third-order valence-corrected chi connectivity index (χ3v) is 0.189. The van der Waals surface area contributed by atoms with E-state index in [1.54, 1.807) is 0 Å². The van der Waals surface area contributed by atoms with Crippen LogP contribution in [0.25, 0.3) is 0 Å². The summed E-state index contributed by atoms with van der Waals surface area (Å²) in [4.78, 5) is 0. The van der Waals surface area contributed by atoms with Crippen LogP contribution >= 0.6 is 0 Å². The van der Waals surface area contributed by atoms with Gasteiger partial charge in [-0.3, -0.25) is 0 Å². The predicted octanol–water partition coefficient (Wildman–Crippen LogP) is 1.64. The summed E-state index contributed by atoms with van der Waals surface area (Å²) < 4.78 is 21.2. The number of halogens is 2. The van der Waals surface area contributed by atoms with Gasteiger partial charge in [0.25, 0.3) is 0 Å². The summed E-state index contributed by atoms with van der Waals surface area (Å²) in [6.45, 7) is 2.90. The number of hydrogen-bond donors (Lipinski definition) is 0. The highest BCUT2D eigenvalue weighted by Crippen LogP contribution is 2.04. The van der Waals surface area contributed by atoms with Crippen molar-refractivity contribution in [3.63, 3.8) is 0 Å². The van der Waals surface area contributed by atoms with Crippen LogP contribution in [0.2, 0.25) is 0 Å². The summed E-state index contributed by atoms with van der Waals surface area (Å²) >= 11 is 0. The summed E-state index contributed by atoms with van der Waals surface area (Å²) in [5, 5.41) is 0. The Bertz CT molecular complexity index is 18.9. The Balaban J connectivity index is 2.54. The second kappa shape index (κ2) is 2.12. The first-order valence-corrected chi connectivity index (χ1v) is 1.23. The molecule has 0 fully saturated rings. The molecule has 30 valence electrons. The lowest BCUT2D eigenvalue weighted by atomic mass is 10.5. The van der Waals surface area contributed by atoms with Crippen molar-refractivity contribution in [1.29, 1.82) is 0 Å². The maximum atomic E-state index is 10.6. The van der Waals surface area contributed by atoms with Gasteiger partial charge in [0.05, 0.1) is 0 Å². The molecule has 0 unspecified atom stereocenters. The lowest BCUT2D eigenvalue weighted by Crippen LogP contribution is -1.67. The molecule has 0 saturated carbocycles. The van der Waals surface area contributed by atoms with E-state index in [1.807, 2.05) is 0 Å². The fraction of sp³-hybridized carbons (Fsp3) is 0.333. The van der Waals surface area contributed by atoms with Gasteiger partial charge in [0, 0.05) is 6.42 Å². The van der Waals surface area contributed by atoms with E-state index < -0.39 is 6.43 Å². The van der Waals surface area contributed by atoms with Gasteiger partial charge in [-0.2, -0.15) is 8.78 Å². The molecule has 5 heavy (non-hydrogen) atoms. The first-order valence-electron chi connectivity index (χ1n) is 1.23. The minimum Gasteiger partial charge on any atom is -0.200 e. The maximum absolute atomic E-state index is 10.6. The molecule has 0 aliphatic heterocycles. The SMILES string of the molecule is [CH2]C[C](F)F. The topological polar surface area (TPSA) is 0 Å². The molecule has 0 N–H and O–H groups in total. The van der Waals surface area contributed by atoms with Gasteiger partial charge in [-0.25, -0.2) is 0 Å². The molecule has 0 saturated heterocycles. The Morgan fingerprint density at radius 1 is 1.60 bits per heavy atom. The van der Waals surface area contributed by atoms with Gasteiger partial charge in [0.15, 0.2) is 0 Å². The van der Waals surface area contributed by atoms with Crippen LogP contribution < -0.4 is 0 Å². The second-order valence-electron chi connectivity index (χ2n) is 0.589. The highest BCUT2D eigenvalue weighted by Gasteiger charge is 1.95. The van der Waals surface area contributed by atoms with Gasteiger partial charge in [0.1, 0.15) is 0 Å². The first kappa shape index (κ1) is 4.86. The van der Waals surface area contributed by atoms with Gasteiger partial charge in [-0.1, -0.05) is 0 Å². The van der Waals surface area contributed by atoms with E-state index in [4.69, 9.17) is 0 Å². The molecule has 2 radical (unpaired) electrons. The van der Waals surface area contributed by atoms with Crippen molar-refractivity contribution in [3.8, 4) is 0 Å². The van der Waals surface area contributed by atoms with E-state index in [0.29, 0.717) is 0 Å². The third-order valence-electron chi connectivity index (χ3n) is 0.189. The molecule has 0 aromatic carbocycles. The summed E-state index contributed by atoms with van der Waals surface area (Å²) in [6, 6.07) is 0. The van der Waals surface area contributed by atoms with E-state index in [-0.39, 0.29) is 6.42 Å². The van der Waals surface area contributed by atoms with Crippen LogP contribution in [-0.4, -0.2) is 0 Å². The summed E-state index contributed by atoms with van der Waals surface area (Å²) in [5.41, 5.74) is 0. The number of rotatable bonds is 1. The smallest absolute Gasteiger partial charge is 0.200 e. The highest BCUT2D eigenvalue weighted by molar-refractivity contribution is 4.58. The van der Waals surface area contributed by atoms with Gasteiger partial charge in [0.2, 0.25) is 0 Å². The highest BCUT2D eigenvalue weighted by atomic mass is 19.3. The third kappa shape index (κ3) is 3.86. The fourth-order valence-corrected chi connectivity index (χ4v) is 0. The van der Waals surface area contributed by atoms with Crippen LogP contribution in [0.1, 0.15) is 6.42 Å². The van der Waals surface area contributed by atoms with Gasteiger partial charge < -0.3 is 0 Å². The predicted molar refractivity (Wildman–Crippen MR) is 15.4 cm³/mol. The molecule has 0 bridgehead atoms. The zero-order valence-electron chi connectivity index (χ0n) is 2.67. The summed E-state index contributed by atoms with van der Waals surface area (Å²) in [7, 11) is 0.